The van der Waals surface area contributed by atoms with E-state index in [4.69, 9.17) is 4.74 Å². The van der Waals surface area contributed by atoms with E-state index in [1.807, 2.05) is 13.8 Å². The molecule has 3 heteroatoms. The third kappa shape index (κ3) is 11.5. The van der Waals surface area contributed by atoms with Crippen molar-refractivity contribution >= 4 is 5.97 Å². The van der Waals surface area contributed by atoms with E-state index < -0.39 is 0 Å². The van der Waals surface area contributed by atoms with Crippen LogP contribution in [0.15, 0.2) is 0 Å². The van der Waals surface area contributed by atoms with E-state index in [9.17, 15) is 4.79 Å². The summed E-state index contributed by atoms with van der Waals surface area (Å²) in [6.45, 7) is 7.21. The molecule has 0 aromatic rings. The van der Waals surface area contributed by atoms with E-state index in [1.54, 1.807) is 0 Å². The maximum absolute atomic E-state index is 11.1. The number of unbranched alkanes of at least 4 members (excludes halogenated alkanes) is 5. The summed E-state index contributed by atoms with van der Waals surface area (Å²) in [4.78, 5) is 11.1. The Kier molecular flexibility index (Phi) is 10.5. The normalized spacial score (nSPS) is 10.8. The fraction of sp³-hybridized carbons (Fsp3) is 0.923. The predicted octanol–water partition coefficient (Wildman–Crippen LogP) is 2.89. The fourth-order valence-corrected chi connectivity index (χ4v) is 1.53. The van der Waals surface area contributed by atoms with Gasteiger partial charge in [0.15, 0.2) is 0 Å². The molecule has 0 aliphatic rings. The van der Waals surface area contributed by atoms with Crippen LogP contribution in [0.25, 0.3) is 0 Å². The lowest BCUT2D eigenvalue weighted by molar-refractivity contribution is -0.146. The van der Waals surface area contributed by atoms with Gasteiger partial charge in [0, 0.05) is 0 Å². The Labute approximate surface area is 99.9 Å². The first-order chi connectivity index (χ1) is 7.66. The maximum Gasteiger partial charge on any atom is 0.320 e. The zero-order valence-corrected chi connectivity index (χ0v) is 11.1. The SMILES string of the molecule is CCCCCCCCNCC(=O)OC(C)C. The Morgan fingerprint density at radius 1 is 1.12 bits per heavy atom. The van der Waals surface area contributed by atoms with Crippen molar-refractivity contribution < 1.29 is 9.53 Å². The van der Waals surface area contributed by atoms with Crippen LogP contribution in [0.1, 0.15) is 59.3 Å². The van der Waals surface area contributed by atoms with Gasteiger partial charge in [-0.1, -0.05) is 39.0 Å². The minimum absolute atomic E-state index is 0.0108. The van der Waals surface area contributed by atoms with Gasteiger partial charge in [-0.05, 0) is 26.8 Å². The van der Waals surface area contributed by atoms with Crippen LogP contribution in [0, 0.1) is 0 Å². The van der Waals surface area contributed by atoms with Crippen LogP contribution < -0.4 is 5.32 Å². The van der Waals surface area contributed by atoms with Crippen molar-refractivity contribution in [2.24, 2.45) is 0 Å². The Balaban J connectivity index is 3.11. The first-order valence-electron chi connectivity index (χ1n) is 6.57. The van der Waals surface area contributed by atoms with Crippen LogP contribution in [-0.2, 0) is 9.53 Å². The molecule has 0 rings (SSSR count). The first kappa shape index (κ1) is 15.4. The summed E-state index contributed by atoms with van der Waals surface area (Å²) in [5.41, 5.74) is 0. The Bertz CT molecular complexity index is 169. The number of nitrogens with one attached hydrogen (secondary N) is 1. The third-order valence-electron chi connectivity index (χ3n) is 2.34. The van der Waals surface area contributed by atoms with Gasteiger partial charge < -0.3 is 10.1 Å². The van der Waals surface area contributed by atoms with Crippen LogP contribution in [0.5, 0.6) is 0 Å². The molecule has 0 aromatic heterocycles. The number of esters is 1. The Morgan fingerprint density at radius 2 is 1.75 bits per heavy atom. The average Bonchev–Trinajstić information content (AvgIpc) is 2.21. The first-order valence-corrected chi connectivity index (χ1v) is 6.57. The van der Waals surface area contributed by atoms with E-state index in [-0.39, 0.29) is 12.1 Å². The summed E-state index contributed by atoms with van der Waals surface area (Å²) in [6, 6.07) is 0. The molecule has 96 valence electrons. The topological polar surface area (TPSA) is 38.3 Å². The number of rotatable bonds is 10. The van der Waals surface area contributed by atoms with Gasteiger partial charge in [0.25, 0.3) is 0 Å². The summed E-state index contributed by atoms with van der Waals surface area (Å²) in [7, 11) is 0. The van der Waals surface area contributed by atoms with Crippen molar-refractivity contribution in [2.75, 3.05) is 13.1 Å². The molecule has 0 fully saturated rings. The molecule has 0 unspecified atom stereocenters. The van der Waals surface area contributed by atoms with Crippen LogP contribution in [0.4, 0.5) is 0 Å². The van der Waals surface area contributed by atoms with Crippen LogP contribution >= 0.6 is 0 Å². The van der Waals surface area contributed by atoms with Gasteiger partial charge in [-0.25, -0.2) is 0 Å². The molecule has 0 aliphatic carbocycles. The third-order valence-corrected chi connectivity index (χ3v) is 2.34. The lowest BCUT2D eigenvalue weighted by Crippen LogP contribution is -2.27. The molecular weight excluding hydrogens is 202 g/mol. The highest BCUT2D eigenvalue weighted by Crippen LogP contribution is 2.03. The van der Waals surface area contributed by atoms with Gasteiger partial charge in [0.2, 0.25) is 0 Å². The zero-order valence-electron chi connectivity index (χ0n) is 11.1. The largest absolute Gasteiger partial charge is 0.462 e. The molecule has 0 aromatic carbocycles. The lowest BCUT2D eigenvalue weighted by Gasteiger charge is -2.08. The summed E-state index contributed by atoms with van der Waals surface area (Å²) >= 11 is 0. The molecule has 0 aliphatic heterocycles. The second-order valence-electron chi connectivity index (χ2n) is 4.48. The quantitative estimate of drug-likeness (QED) is 0.462. The smallest absolute Gasteiger partial charge is 0.320 e. The standard InChI is InChI=1S/C13H27NO2/c1-4-5-6-7-8-9-10-14-11-13(15)16-12(2)3/h12,14H,4-11H2,1-3H3. The minimum Gasteiger partial charge on any atom is -0.462 e. The van der Waals surface area contributed by atoms with Gasteiger partial charge in [0.05, 0.1) is 12.6 Å². The summed E-state index contributed by atoms with van der Waals surface area (Å²) in [6.07, 6.45) is 7.68. The minimum atomic E-state index is -0.152. The van der Waals surface area contributed by atoms with Crippen molar-refractivity contribution in [3.05, 3.63) is 0 Å². The van der Waals surface area contributed by atoms with E-state index in [2.05, 4.69) is 12.2 Å². The Hall–Kier alpha value is -0.570. The van der Waals surface area contributed by atoms with E-state index in [1.165, 1.54) is 32.1 Å². The monoisotopic (exact) mass is 229 g/mol. The van der Waals surface area contributed by atoms with Crippen LogP contribution in [0.2, 0.25) is 0 Å². The van der Waals surface area contributed by atoms with Gasteiger partial charge in [-0.15, -0.1) is 0 Å². The molecule has 0 spiro atoms. The number of hydrogen-bond donors (Lipinski definition) is 1. The summed E-state index contributed by atoms with van der Waals surface area (Å²) < 4.78 is 5.01. The van der Waals surface area contributed by atoms with Crippen molar-refractivity contribution in [1.82, 2.24) is 5.32 Å². The molecule has 0 heterocycles. The molecule has 0 saturated heterocycles. The second-order valence-corrected chi connectivity index (χ2v) is 4.48. The molecule has 0 radical (unpaired) electrons. The number of carbonyl (C=O) groups is 1. The van der Waals surface area contributed by atoms with Gasteiger partial charge in [0.1, 0.15) is 0 Å². The molecule has 0 saturated carbocycles. The molecule has 1 N–H and O–H groups in total. The van der Waals surface area contributed by atoms with Crippen LogP contribution in [-0.4, -0.2) is 25.2 Å². The van der Waals surface area contributed by atoms with Gasteiger partial charge in [-0.3, -0.25) is 4.79 Å². The number of ether oxygens (including phenoxy) is 1. The van der Waals surface area contributed by atoms with Crippen molar-refractivity contribution in [3.8, 4) is 0 Å². The molecule has 16 heavy (non-hydrogen) atoms. The average molecular weight is 229 g/mol. The maximum atomic E-state index is 11.1. The highest BCUT2D eigenvalue weighted by molar-refractivity contribution is 5.71. The van der Waals surface area contributed by atoms with E-state index in [0.717, 1.165) is 13.0 Å². The number of carbonyl (C=O) groups excluding carboxylic acids is 1. The second kappa shape index (κ2) is 10.9. The summed E-state index contributed by atoms with van der Waals surface area (Å²) in [5.74, 6) is -0.152. The van der Waals surface area contributed by atoms with Crippen LogP contribution in [0.3, 0.4) is 0 Å². The molecule has 0 amide bonds. The highest BCUT2D eigenvalue weighted by atomic mass is 16.5. The molecular formula is C13H27NO2. The van der Waals surface area contributed by atoms with Gasteiger partial charge in [-0.2, -0.15) is 0 Å². The zero-order chi connectivity index (χ0) is 12.2. The predicted molar refractivity (Wildman–Crippen MR) is 67.5 cm³/mol. The highest BCUT2D eigenvalue weighted by Gasteiger charge is 2.03. The molecule has 0 atom stereocenters. The van der Waals surface area contributed by atoms with Crippen molar-refractivity contribution in [3.63, 3.8) is 0 Å². The van der Waals surface area contributed by atoms with E-state index >= 15 is 0 Å². The fourth-order valence-electron chi connectivity index (χ4n) is 1.53. The van der Waals surface area contributed by atoms with E-state index in [0.29, 0.717) is 6.54 Å². The lowest BCUT2D eigenvalue weighted by atomic mass is 10.1. The van der Waals surface area contributed by atoms with Gasteiger partial charge >= 0.3 is 5.97 Å². The molecule has 0 bridgehead atoms. The summed E-state index contributed by atoms with van der Waals surface area (Å²) in [5, 5.41) is 3.11. The van der Waals surface area contributed by atoms with Crippen molar-refractivity contribution in [2.45, 2.75) is 65.4 Å². The Morgan fingerprint density at radius 3 is 2.38 bits per heavy atom. The number of hydrogen-bond acceptors (Lipinski definition) is 3. The molecule has 3 nitrogen and oxygen atoms in total. The van der Waals surface area contributed by atoms with Crippen molar-refractivity contribution in [1.29, 1.82) is 0 Å².